The van der Waals surface area contributed by atoms with Crippen molar-refractivity contribution in [2.75, 3.05) is 32.4 Å². The third-order valence-electron chi connectivity index (χ3n) is 3.12. The Kier molecular flexibility index (Phi) is 4.74. The number of hydrogen-bond acceptors (Lipinski definition) is 3. The molecule has 19 heavy (non-hydrogen) atoms. The van der Waals surface area contributed by atoms with Gasteiger partial charge in [0.2, 0.25) is 0 Å². The lowest BCUT2D eigenvalue weighted by Gasteiger charge is -2.39. The molecule has 5 nitrogen and oxygen atoms in total. The molecule has 0 saturated carbocycles. The lowest BCUT2D eigenvalue weighted by Crippen LogP contribution is -2.51. The fourth-order valence-corrected chi connectivity index (χ4v) is 3.36. The van der Waals surface area contributed by atoms with Crippen molar-refractivity contribution in [2.24, 2.45) is 4.99 Å². The van der Waals surface area contributed by atoms with E-state index in [0.29, 0.717) is 4.75 Å². The summed E-state index contributed by atoms with van der Waals surface area (Å²) in [6, 6.07) is 1.94. The third kappa shape index (κ3) is 4.16. The van der Waals surface area contributed by atoms with Crippen molar-refractivity contribution in [3.63, 3.8) is 0 Å². The zero-order chi connectivity index (χ0) is 13.7. The molecule has 1 aromatic rings. The molecule has 0 aromatic carbocycles. The van der Waals surface area contributed by atoms with E-state index >= 15 is 0 Å². The Hall–Kier alpha value is -1.17. The topological polar surface area (TPSA) is 45.5 Å². The summed E-state index contributed by atoms with van der Waals surface area (Å²) in [6.07, 6.45) is 3.78. The molecule has 6 heteroatoms. The second-order valence-electron chi connectivity index (χ2n) is 5.27. The zero-order valence-corrected chi connectivity index (χ0v) is 12.8. The summed E-state index contributed by atoms with van der Waals surface area (Å²) in [4.78, 5) is 6.74. The van der Waals surface area contributed by atoms with Crippen LogP contribution in [-0.2, 0) is 6.54 Å². The summed E-state index contributed by atoms with van der Waals surface area (Å²) in [7, 11) is 1.85. The molecule has 0 bridgehead atoms. The van der Waals surface area contributed by atoms with Crippen LogP contribution >= 0.6 is 11.8 Å². The average molecular weight is 281 g/mol. The van der Waals surface area contributed by atoms with Crippen LogP contribution in [0.5, 0.6) is 0 Å². The molecular weight excluding hydrogens is 258 g/mol. The maximum absolute atomic E-state index is 4.39. The summed E-state index contributed by atoms with van der Waals surface area (Å²) >= 11 is 2.04. The van der Waals surface area contributed by atoms with Crippen molar-refractivity contribution >= 4 is 17.7 Å². The van der Waals surface area contributed by atoms with Crippen LogP contribution in [-0.4, -0.2) is 57.8 Å². The molecule has 0 atom stereocenters. The Morgan fingerprint density at radius 1 is 1.53 bits per heavy atom. The monoisotopic (exact) mass is 281 g/mol. The molecule has 1 aromatic heterocycles. The fourth-order valence-electron chi connectivity index (χ4n) is 2.24. The van der Waals surface area contributed by atoms with Crippen LogP contribution in [0.15, 0.2) is 23.5 Å². The van der Waals surface area contributed by atoms with Crippen molar-refractivity contribution in [2.45, 2.75) is 25.1 Å². The van der Waals surface area contributed by atoms with E-state index in [4.69, 9.17) is 0 Å². The second-order valence-corrected chi connectivity index (χ2v) is 7.07. The SMILES string of the molecule is CN=C(NCCn1cccn1)N1CCSC(C)(C)C1. The van der Waals surface area contributed by atoms with E-state index in [1.165, 1.54) is 0 Å². The highest BCUT2D eigenvalue weighted by atomic mass is 32.2. The van der Waals surface area contributed by atoms with Gasteiger partial charge in [0.25, 0.3) is 0 Å². The zero-order valence-electron chi connectivity index (χ0n) is 12.0. The van der Waals surface area contributed by atoms with Crippen LogP contribution in [0.3, 0.4) is 0 Å². The predicted molar refractivity (Wildman–Crippen MR) is 81.7 cm³/mol. The van der Waals surface area contributed by atoms with Crippen LogP contribution in [0.4, 0.5) is 0 Å². The van der Waals surface area contributed by atoms with Crippen molar-refractivity contribution in [3.05, 3.63) is 18.5 Å². The summed E-state index contributed by atoms with van der Waals surface area (Å²) in [5.74, 6) is 2.16. The average Bonchev–Trinajstić information content (AvgIpc) is 2.86. The van der Waals surface area contributed by atoms with E-state index in [9.17, 15) is 0 Å². The maximum Gasteiger partial charge on any atom is 0.193 e. The standard InChI is InChI=1S/C13H23N5S/c1-13(2)11-17(9-10-19-13)12(14-3)15-6-8-18-7-4-5-16-18/h4-5,7H,6,8-11H2,1-3H3,(H,14,15). The van der Waals surface area contributed by atoms with Gasteiger partial charge in [-0.05, 0) is 19.9 Å². The maximum atomic E-state index is 4.39. The van der Waals surface area contributed by atoms with Gasteiger partial charge in [-0.1, -0.05) is 0 Å². The Bertz CT molecular complexity index is 413. The summed E-state index contributed by atoms with van der Waals surface area (Å²) in [5, 5.41) is 7.62. The number of aromatic nitrogens is 2. The number of rotatable bonds is 3. The molecule has 0 spiro atoms. The van der Waals surface area contributed by atoms with Crippen LogP contribution in [0.2, 0.25) is 0 Å². The third-order valence-corrected chi connectivity index (χ3v) is 4.42. The van der Waals surface area contributed by atoms with E-state index in [2.05, 4.69) is 34.2 Å². The number of guanidine groups is 1. The molecule has 1 aliphatic heterocycles. The predicted octanol–water partition coefficient (Wildman–Crippen LogP) is 1.29. The van der Waals surface area contributed by atoms with Gasteiger partial charge < -0.3 is 10.2 Å². The van der Waals surface area contributed by atoms with Gasteiger partial charge >= 0.3 is 0 Å². The van der Waals surface area contributed by atoms with Gasteiger partial charge in [-0.15, -0.1) is 0 Å². The molecule has 1 saturated heterocycles. The minimum Gasteiger partial charge on any atom is -0.354 e. The van der Waals surface area contributed by atoms with Crippen LogP contribution < -0.4 is 5.32 Å². The molecule has 0 amide bonds. The lowest BCUT2D eigenvalue weighted by atomic mass is 10.2. The van der Waals surface area contributed by atoms with E-state index in [-0.39, 0.29) is 0 Å². The van der Waals surface area contributed by atoms with E-state index in [1.807, 2.05) is 35.8 Å². The molecule has 106 valence electrons. The number of hydrogen-bond donors (Lipinski definition) is 1. The van der Waals surface area contributed by atoms with Crippen LogP contribution in [0.25, 0.3) is 0 Å². The first-order valence-corrected chi connectivity index (χ1v) is 7.66. The van der Waals surface area contributed by atoms with Gasteiger partial charge in [0.15, 0.2) is 5.96 Å². The first-order chi connectivity index (χ1) is 9.11. The number of aliphatic imine (C=N–C) groups is 1. The molecular formula is C13H23N5S. The number of thioether (sulfide) groups is 1. The molecule has 0 unspecified atom stereocenters. The van der Waals surface area contributed by atoms with Gasteiger partial charge in [-0.3, -0.25) is 9.67 Å². The normalized spacial score (nSPS) is 19.5. The Balaban J connectivity index is 1.83. The van der Waals surface area contributed by atoms with Gasteiger partial charge in [0.1, 0.15) is 0 Å². The van der Waals surface area contributed by atoms with Gasteiger partial charge in [0.05, 0.1) is 6.54 Å². The van der Waals surface area contributed by atoms with Gasteiger partial charge in [-0.2, -0.15) is 16.9 Å². The second kappa shape index (κ2) is 6.32. The first kappa shape index (κ1) is 14.2. The van der Waals surface area contributed by atoms with Crippen molar-refractivity contribution < 1.29 is 0 Å². The van der Waals surface area contributed by atoms with E-state index in [1.54, 1.807) is 6.20 Å². The summed E-state index contributed by atoms with van der Waals surface area (Å²) in [5.41, 5.74) is 0. The van der Waals surface area contributed by atoms with Crippen LogP contribution in [0.1, 0.15) is 13.8 Å². The highest BCUT2D eigenvalue weighted by molar-refractivity contribution is 8.00. The Labute approximate surface area is 119 Å². The van der Waals surface area contributed by atoms with Gasteiger partial charge in [-0.25, -0.2) is 0 Å². The quantitative estimate of drug-likeness (QED) is 0.670. The highest BCUT2D eigenvalue weighted by Gasteiger charge is 2.28. The molecule has 2 heterocycles. The molecule has 1 N–H and O–H groups in total. The van der Waals surface area contributed by atoms with Crippen molar-refractivity contribution in [1.82, 2.24) is 20.0 Å². The summed E-state index contributed by atoms with van der Waals surface area (Å²) in [6.45, 7) is 8.40. The fraction of sp³-hybridized carbons (Fsp3) is 0.692. The van der Waals surface area contributed by atoms with Crippen molar-refractivity contribution in [1.29, 1.82) is 0 Å². The van der Waals surface area contributed by atoms with Crippen LogP contribution in [0, 0.1) is 0 Å². The lowest BCUT2D eigenvalue weighted by molar-refractivity contribution is 0.374. The molecule has 0 radical (unpaired) electrons. The highest BCUT2D eigenvalue weighted by Crippen LogP contribution is 2.29. The molecule has 1 fully saturated rings. The Morgan fingerprint density at radius 3 is 3.00 bits per heavy atom. The molecule has 0 aliphatic carbocycles. The molecule has 1 aliphatic rings. The Morgan fingerprint density at radius 2 is 2.37 bits per heavy atom. The minimum atomic E-state index is 0.303. The smallest absolute Gasteiger partial charge is 0.193 e. The number of nitrogens with zero attached hydrogens (tertiary/aromatic N) is 4. The van der Waals surface area contributed by atoms with Gasteiger partial charge in [0, 0.05) is 49.6 Å². The van der Waals surface area contributed by atoms with E-state index < -0.39 is 0 Å². The first-order valence-electron chi connectivity index (χ1n) is 6.68. The minimum absolute atomic E-state index is 0.303. The summed E-state index contributed by atoms with van der Waals surface area (Å²) < 4.78 is 2.23. The largest absolute Gasteiger partial charge is 0.354 e. The van der Waals surface area contributed by atoms with Crippen molar-refractivity contribution in [3.8, 4) is 0 Å². The van der Waals surface area contributed by atoms with E-state index in [0.717, 1.165) is 37.9 Å². The number of nitrogens with one attached hydrogen (secondary N) is 1. The molecule has 2 rings (SSSR count).